The second-order valence-corrected chi connectivity index (χ2v) is 6.94. The summed E-state index contributed by atoms with van der Waals surface area (Å²) in [5, 5.41) is 5.90. The molecule has 0 saturated carbocycles. The summed E-state index contributed by atoms with van der Waals surface area (Å²) in [4.78, 5) is 15.0. The van der Waals surface area contributed by atoms with Gasteiger partial charge in [0, 0.05) is 25.3 Å². The van der Waals surface area contributed by atoms with Crippen molar-refractivity contribution in [3.63, 3.8) is 0 Å². The minimum Gasteiger partial charge on any atom is -0.496 e. The number of nitrogens with zero attached hydrogens (tertiary/aromatic N) is 1. The van der Waals surface area contributed by atoms with E-state index in [1.54, 1.807) is 18.2 Å². The molecule has 0 spiro atoms. The van der Waals surface area contributed by atoms with Gasteiger partial charge in [-0.05, 0) is 42.0 Å². The predicted octanol–water partition coefficient (Wildman–Crippen LogP) is 2.66. The first kappa shape index (κ1) is 21.0. The highest BCUT2D eigenvalue weighted by Crippen LogP contribution is 2.28. The van der Waals surface area contributed by atoms with Crippen LogP contribution in [0.2, 0.25) is 0 Å². The van der Waals surface area contributed by atoms with Crippen molar-refractivity contribution in [2.45, 2.75) is 6.54 Å². The van der Waals surface area contributed by atoms with Crippen molar-refractivity contribution in [2.24, 2.45) is 0 Å². The summed E-state index contributed by atoms with van der Waals surface area (Å²) in [7, 11) is 3.00. The summed E-state index contributed by atoms with van der Waals surface area (Å²) in [6.45, 7) is 4.35. The van der Waals surface area contributed by atoms with Gasteiger partial charge in [0.1, 0.15) is 17.1 Å². The van der Waals surface area contributed by atoms with Crippen LogP contribution in [0.1, 0.15) is 15.9 Å². The van der Waals surface area contributed by atoms with Crippen LogP contribution in [0.4, 0.5) is 5.69 Å². The molecule has 2 aromatic rings. The van der Waals surface area contributed by atoms with Crippen molar-refractivity contribution < 1.29 is 19.0 Å². The quantitative estimate of drug-likeness (QED) is 0.703. The van der Waals surface area contributed by atoms with E-state index in [0.717, 1.165) is 38.5 Å². The molecule has 154 valence electrons. The number of methoxy groups -OCH3 is 2. The Kier molecular flexibility index (Phi) is 7.40. The van der Waals surface area contributed by atoms with E-state index >= 15 is 0 Å². The van der Waals surface area contributed by atoms with Gasteiger partial charge in [-0.1, -0.05) is 18.2 Å². The maximum atomic E-state index is 12.7. The molecular formula is C21H25N3O4S. The number of thiocarbonyl (C=S) groups is 1. The topological polar surface area (TPSA) is 72.1 Å². The zero-order valence-electron chi connectivity index (χ0n) is 16.6. The van der Waals surface area contributed by atoms with E-state index in [1.807, 2.05) is 24.3 Å². The first-order valence-corrected chi connectivity index (χ1v) is 9.74. The van der Waals surface area contributed by atoms with Gasteiger partial charge in [0.05, 0.1) is 27.4 Å². The Labute approximate surface area is 175 Å². The second kappa shape index (κ2) is 10.2. The largest absolute Gasteiger partial charge is 0.496 e. The van der Waals surface area contributed by atoms with E-state index in [4.69, 9.17) is 26.4 Å². The third-order valence-electron chi connectivity index (χ3n) is 4.60. The lowest BCUT2D eigenvalue weighted by Crippen LogP contribution is -2.35. The molecule has 0 aromatic heterocycles. The lowest BCUT2D eigenvalue weighted by Gasteiger charge is -2.26. The number of amides is 1. The van der Waals surface area contributed by atoms with Gasteiger partial charge >= 0.3 is 0 Å². The third kappa shape index (κ3) is 5.66. The van der Waals surface area contributed by atoms with Crippen LogP contribution in [0.5, 0.6) is 11.5 Å². The molecule has 3 rings (SSSR count). The van der Waals surface area contributed by atoms with Gasteiger partial charge in [-0.15, -0.1) is 0 Å². The highest BCUT2D eigenvalue weighted by Gasteiger charge is 2.19. The van der Waals surface area contributed by atoms with Crippen LogP contribution in [-0.2, 0) is 11.3 Å². The molecule has 0 bridgehead atoms. The fourth-order valence-electron chi connectivity index (χ4n) is 3.11. The zero-order chi connectivity index (χ0) is 20.6. The van der Waals surface area contributed by atoms with Crippen LogP contribution in [0.15, 0.2) is 42.5 Å². The molecule has 0 atom stereocenters. The van der Waals surface area contributed by atoms with E-state index in [0.29, 0.717) is 17.1 Å². The second-order valence-electron chi connectivity index (χ2n) is 6.53. The van der Waals surface area contributed by atoms with E-state index in [1.165, 1.54) is 19.8 Å². The van der Waals surface area contributed by atoms with Gasteiger partial charge in [-0.3, -0.25) is 15.0 Å². The standard InChI is InChI=1S/C21H25N3O4S/c1-26-17-4-3-5-18(27-2)19(17)20(25)23-21(29)22-16-8-6-15(7-9-16)14-24-10-12-28-13-11-24/h3-9H,10-14H2,1-2H3,(H2,22,23,25,29). The SMILES string of the molecule is COc1cccc(OC)c1C(=O)NC(=S)Nc1ccc(CN2CCOCC2)cc1. The highest BCUT2D eigenvalue weighted by atomic mass is 32.1. The molecule has 1 aliphatic heterocycles. The maximum absolute atomic E-state index is 12.7. The van der Waals surface area contributed by atoms with Crippen LogP contribution in [0, 0.1) is 0 Å². The van der Waals surface area contributed by atoms with Gasteiger partial charge in [0.2, 0.25) is 0 Å². The molecule has 2 aromatic carbocycles. The number of hydrogen-bond donors (Lipinski definition) is 2. The van der Waals surface area contributed by atoms with Gasteiger partial charge in [-0.2, -0.15) is 0 Å². The van der Waals surface area contributed by atoms with E-state index in [9.17, 15) is 4.79 Å². The van der Waals surface area contributed by atoms with Gasteiger partial charge in [0.15, 0.2) is 5.11 Å². The minimum absolute atomic E-state index is 0.198. The van der Waals surface area contributed by atoms with Crippen molar-refractivity contribution in [1.82, 2.24) is 10.2 Å². The van der Waals surface area contributed by atoms with Crippen LogP contribution < -0.4 is 20.1 Å². The van der Waals surface area contributed by atoms with Gasteiger partial charge in [0.25, 0.3) is 5.91 Å². The minimum atomic E-state index is -0.402. The summed E-state index contributed by atoms with van der Waals surface area (Å²) >= 11 is 5.29. The van der Waals surface area contributed by atoms with Crippen LogP contribution in [0.25, 0.3) is 0 Å². The fourth-order valence-corrected chi connectivity index (χ4v) is 3.32. The first-order valence-electron chi connectivity index (χ1n) is 9.33. The Morgan fingerprint density at radius 1 is 1.07 bits per heavy atom. The van der Waals surface area contributed by atoms with E-state index < -0.39 is 5.91 Å². The van der Waals surface area contributed by atoms with Crippen molar-refractivity contribution in [3.8, 4) is 11.5 Å². The molecule has 1 aliphatic rings. The summed E-state index contributed by atoms with van der Waals surface area (Å²) in [6.07, 6.45) is 0. The smallest absolute Gasteiger partial charge is 0.264 e. The molecule has 1 saturated heterocycles. The van der Waals surface area contributed by atoms with Crippen molar-refractivity contribution >= 4 is 28.9 Å². The lowest BCUT2D eigenvalue weighted by atomic mass is 10.1. The Morgan fingerprint density at radius 2 is 1.69 bits per heavy atom. The number of benzene rings is 2. The Balaban J connectivity index is 1.58. The normalized spacial score (nSPS) is 14.1. The molecule has 2 N–H and O–H groups in total. The molecule has 29 heavy (non-hydrogen) atoms. The fraction of sp³-hybridized carbons (Fsp3) is 0.333. The molecule has 1 amide bonds. The maximum Gasteiger partial charge on any atom is 0.264 e. The number of nitrogens with one attached hydrogen (secondary N) is 2. The Hall–Kier alpha value is -2.68. The van der Waals surface area contributed by atoms with Crippen molar-refractivity contribution in [3.05, 3.63) is 53.6 Å². The molecule has 0 aliphatic carbocycles. The average molecular weight is 416 g/mol. The van der Waals surface area contributed by atoms with Crippen LogP contribution >= 0.6 is 12.2 Å². The Morgan fingerprint density at radius 3 is 2.28 bits per heavy atom. The lowest BCUT2D eigenvalue weighted by molar-refractivity contribution is 0.0342. The molecular weight excluding hydrogens is 390 g/mol. The monoisotopic (exact) mass is 415 g/mol. The van der Waals surface area contributed by atoms with E-state index in [2.05, 4.69) is 15.5 Å². The predicted molar refractivity (Wildman–Crippen MR) is 116 cm³/mol. The molecule has 0 radical (unpaired) electrons. The number of carbonyl (C=O) groups is 1. The van der Waals surface area contributed by atoms with Gasteiger partial charge in [-0.25, -0.2) is 0 Å². The average Bonchev–Trinajstić information content (AvgIpc) is 2.75. The molecule has 1 fully saturated rings. The summed E-state index contributed by atoms with van der Waals surface area (Å²) in [5.41, 5.74) is 2.31. The van der Waals surface area contributed by atoms with Crippen LogP contribution in [-0.4, -0.2) is 56.4 Å². The van der Waals surface area contributed by atoms with Crippen LogP contribution in [0.3, 0.4) is 0 Å². The number of hydrogen-bond acceptors (Lipinski definition) is 6. The summed E-state index contributed by atoms with van der Waals surface area (Å²) in [6, 6.07) is 13.1. The highest BCUT2D eigenvalue weighted by molar-refractivity contribution is 7.80. The first-order chi connectivity index (χ1) is 14.1. The molecule has 8 heteroatoms. The Bertz CT molecular complexity index is 829. The third-order valence-corrected chi connectivity index (χ3v) is 4.81. The number of carbonyl (C=O) groups excluding carboxylic acids is 1. The molecule has 7 nitrogen and oxygen atoms in total. The number of morpholine rings is 1. The number of anilines is 1. The van der Waals surface area contributed by atoms with Crippen molar-refractivity contribution in [2.75, 3.05) is 45.8 Å². The molecule has 1 heterocycles. The van der Waals surface area contributed by atoms with Gasteiger partial charge < -0.3 is 19.5 Å². The molecule has 0 unspecified atom stereocenters. The number of ether oxygens (including phenoxy) is 3. The zero-order valence-corrected chi connectivity index (χ0v) is 17.4. The number of rotatable bonds is 6. The van der Waals surface area contributed by atoms with E-state index in [-0.39, 0.29) is 5.11 Å². The summed E-state index contributed by atoms with van der Waals surface area (Å²) < 4.78 is 15.9. The summed E-state index contributed by atoms with van der Waals surface area (Å²) in [5.74, 6) is 0.426. The van der Waals surface area contributed by atoms with Crippen molar-refractivity contribution in [1.29, 1.82) is 0 Å².